The Bertz CT molecular complexity index is 957. The SMILES string of the molecule is O=C(CCC(=O)c1ccc2c(c1)CCCC2)NCc1nc2ccccc2[nH]1. The molecule has 0 atom stereocenters. The molecule has 0 saturated heterocycles. The number of aromatic nitrogens is 2. The van der Waals surface area contributed by atoms with Gasteiger partial charge in [-0.1, -0.05) is 24.3 Å². The van der Waals surface area contributed by atoms with Gasteiger partial charge in [-0.3, -0.25) is 9.59 Å². The van der Waals surface area contributed by atoms with Crippen molar-refractivity contribution in [1.29, 1.82) is 0 Å². The van der Waals surface area contributed by atoms with Crippen LogP contribution >= 0.6 is 0 Å². The van der Waals surface area contributed by atoms with Crippen LogP contribution < -0.4 is 5.32 Å². The highest BCUT2D eigenvalue weighted by Crippen LogP contribution is 2.23. The number of fused-ring (bicyclic) bond motifs is 2. The summed E-state index contributed by atoms with van der Waals surface area (Å²) < 4.78 is 0. The maximum atomic E-state index is 12.4. The second-order valence-corrected chi connectivity index (χ2v) is 7.09. The molecule has 0 radical (unpaired) electrons. The van der Waals surface area contributed by atoms with Crippen LogP contribution in [0.15, 0.2) is 42.5 Å². The fraction of sp³-hybridized carbons (Fsp3) is 0.318. The lowest BCUT2D eigenvalue weighted by Gasteiger charge is -2.16. The van der Waals surface area contributed by atoms with E-state index in [4.69, 9.17) is 0 Å². The number of nitrogens with one attached hydrogen (secondary N) is 2. The number of imidazole rings is 1. The van der Waals surface area contributed by atoms with Gasteiger partial charge < -0.3 is 10.3 Å². The number of hydrogen-bond donors (Lipinski definition) is 2. The van der Waals surface area contributed by atoms with Gasteiger partial charge in [-0.25, -0.2) is 4.98 Å². The van der Waals surface area contributed by atoms with Gasteiger partial charge in [0.05, 0.1) is 17.6 Å². The molecular formula is C22H23N3O2. The van der Waals surface area contributed by atoms with E-state index in [1.807, 2.05) is 36.4 Å². The van der Waals surface area contributed by atoms with E-state index in [1.165, 1.54) is 24.0 Å². The lowest BCUT2D eigenvalue weighted by atomic mass is 9.89. The molecule has 2 N–H and O–H groups in total. The number of rotatable bonds is 6. The van der Waals surface area contributed by atoms with E-state index in [1.54, 1.807) is 0 Å². The molecule has 3 aromatic rings. The van der Waals surface area contributed by atoms with E-state index in [-0.39, 0.29) is 24.5 Å². The first-order chi connectivity index (χ1) is 13.2. The zero-order valence-corrected chi connectivity index (χ0v) is 15.3. The summed E-state index contributed by atoms with van der Waals surface area (Å²) in [5.41, 5.74) is 5.21. The minimum atomic E-state index is -0.137. The van der Waals surface area contributed by atoms with Crippen molar-refractivity contribution in [1.82, 2.24) is 15.3 Å². The maximum Gasteiger partial charge on any atom is 0.220 e. The molecule has 0 aliphatic heterocycles. The number of benzene rings is 2. The van der Waals surface area contributed by atoms with Crippen molar-refractivity contribution >= 4 is 22.7 Å². The molecule has 5 heteroatoms. The van der Waals surface area contributed by atoms with E-state index < -0.39 is 0 Å². The van der Waals surface area contributed by atoms with Gasteiger partial charge in [-0.05, 0) is 55.0 Å². The van der Waals surface area contributed by atoms with Crippen LogP contribution in [0.5, 0.6) is 0 Å². The highest BCUT2D eigenvalue weighted by Gasteiger charge is 2.14. The first kappa shape index (κ1) is 17.5. The van der Waals surface area contributed by atoms with E-state index in [2.05, 4.69) is 21.4 Å². The molecule has 4 rings (SSSR count). The molecule has 0 saturated carbocycles. The molecule has 138 valence electrons. The zero-order valence-electron chi connectivity index (χ0n) is 15.3. The number of carbonyl (C=O) groups excluding carboxylic acids is 2. The Balaban J connectivity index is 1.29. The topological polar surface area (TPSA) is 74.8 Å². The van der Waals surface area contributed by atoms with Crippen LogP contribution in [0, 0.1) is 0 Å². The first-order valence-electron chi connectivity index (χ1n) is 9.54. The molecular weight excluding hydrogens is 338 g/mol. The molecule has 5 nitrogen and oxygen atoms in total. The van der Waals surface area contributed by atoms with E-state index in [0.717, 1.165) is 29.4 Å². The molecule has 0 unspecified atom stereocenters. The summed E-state index contributed by atoms with van der Waals surface area (Å²) in [7, 11) is 0. The Hall–Kier alpha value is -2.95. The molecule has 0 bridgehead atoms. The molecule has 27 heavy (non-hydrogen) atoms. The van der Waals surface area contributed by atoms with Crippen molar-refractivity contribution in [2.24, 2.45) is 0 Å². The van der Waals surface area contributed by atoms with E-state index in [9.17, 15) is 9.59 Å². The number of Topliss-reactive ketones (excluding diaryl/α,β-unsaturated/α-hetero) is 1. The maximum absolute atomic E-state index is 12.4. The molecule has 1 heterocycles. The standard InChI is InChI=1S/C22H23N3O2/c26-20(17-10-9-15-5-1-2-6-16(15)13-17)11-12-22(27)23-14-21-24-18-7-3-4-8-19(18)25-21/h3-4,7-10,13H,1-2,5-6,11-12,14H2,(H,23,27)(H,24,25). The third kappa shape index (κ3) is 4.08. The number of aryl methyl sites for hydroxylation is 2. The van der Waals surface area contributed by atoms with Gasteiger partial charge in [0.15, 0.2) is 5.78 Å². The molecule has 1 aliphatic carbocycles. The van der Waals surface area contributed by atoms with Crippen LogP contribution in [0.4, 0.5) is 0 Å². The smallest absolute Gasteiger partial charge is 0.220 e. The number of H-pyrrole nitrogens is 1. The molecule has 1 aliphatic rings. The number of carbonyl (C=O) groups is 2. The fourth-order valence-electron chi connectivity index (χ4n) is 3.64. The monoisotopic (exact) mass is 361 g/mol. The van der Waals surface area contributed by atoms with Gasteiger partial charge in [0.2, 0.25) is 5.91 Å². The van der Waals surface area contributed by atoms with Crippen LogP contribution in [0.2, 0.25) is 0 Å². The summed E-state index contributed by atoms with van der Waals surface area (Å²) >= 11 is 0. The van der Waals surface area contributed by atoms with E-state index >= 15 is 0 Å². The predicted octanol–water partition coefficient (Wildman–Crippen LogP) is 3.72. The third-order valence-electron chi connectivity index (χ3n) is 5.14. The van der Waals surface area contributed by atoms with Gasteiger partial charge in [0.25, 0.3) is 0 Å². The Kier molecular flexibility index (Phi) is 5.01. The average Bonchev–Trinajstić information content (AvgIpc) is 3.13. The Morgan fingerprint density at radius 2 is 1.81 bits per heavy atom. The molecule has 0 spiro atoms. The summed E-state index contributed by atoms with van der Waals surface area (Å²) in [6, 6.07) is 13.7. The Morgan fingerprint density at radius 1 is 1.00 bits per heavy atom. The van der Waals surface area contributed by atoms with Crippen LogP contribution in [-0.2, 0) is 24.2 Å². The van der Waals surface area contributed by atoms with Crippen molar-refractivity contribution in [3.63, 3.8) is 0 Å². The zero-order chi connectivity index (χ0) is 18.6. The summed E-state index contributed by atoms with van der Waals surface area (Å²) in [6.07, 6.45) is 4.99. The van der Waals surface area contributed by atoms with Crippen LogP contribution in [0.25, 0.3) is 11.0 Å². The summed E-state index contributed by atoms with van der Waals surface area (Å²) in [5, 5.41) is 2.83. The minimum absolute atomic E-state index is 0.0299. The summed E-state index contributed by atoms with van der Waals surface area (Å²) in [6.45, 7) is 0.334. The van der Waals surface area contributed by atoms with Crippen molar-refractivity contribution in [2.75, 3.05) is 0 Å². The van der Waals surface area contributed by atoms with E-state index in [0.29, 0.717) is 12.4 Å². The van der Waals surface area contributed by atoms with Crippen molar-refractivity contribution in [3.05, 3.63) is 65.0 Å². The van der Waals surface area contributed by atoms with Gasteiger partial charge in [-0.15, -0.1) is 0 Å². The number of aromatic amines is 1. The lowest BCUT2D eigenvalue weighted by molar-refractivity contribution is -0.121. The lowest BCUT2D eigenvalue weighted by Crippen LogP contribution is -2.23. The predicted molar refractivity (Wildman–Crippen MR) is 105 cm³/mol. The Morgan fingerprint density at radius 3 is 2.67 bits per heavy atom. The average molecular weight is 361 g/mol. The quantitative estimate of drug-likeness (QED) is 0.657. The number of ketones is 1. The van der Waals surface area contributed by atoms with Crippen LogP contribution in [-0.4, -0.2) is 21.7 Å². The second kappa shape index (κ2) is 7.74. The first-order valence-corrected chi connectivity index (χ1v) is 9.54. The van der Waals surface area contributed by atoms with Crippen molar-refractivity contribution in [2.45, 2.75) is 45.1 Å². The highest BCUT2D eigenvalue weighted by molar-refractivity contribution is 5.98. The van der Waals surface area contributed by atoms with Gasteiger partial charge >= 0.3 is 0 Å². The molecule has 1 aromatic heterocycles. The molecule has 1 amide bonds. The Labute approximate surface area is 158 Å². The number of hydrogen-bond acceptors (Lipinski definition) is 3. The van der Waals surface area contributed by atoms with Crippen LogP contribution in [0.3, 0.4) is 0 Å². The normalized spacial score (nSPS) is 13.3. The summed E-state index contributed by atoms with van der Waals surface area (Å²) in [4.78, 5) is 32.1. The number of amides is 1. The van der Waals surface area contributed by atoms with Gasteiger partial charge in [-0.2, -0.15) is 0 Å². The van der Waals surface area contributed by atoms with Gasteiger partial charge in [0, 0.05) is 18.4 Å². The largest absolute Gasteiger partial charge is 0.349 e. The van der Waals surface area contributed by atoms with Crippen LogP contribution in [0.1, 0.15) is 53.0 Å². The number of nitrogens with zero attached hydrogens (tertiary/aromatic N) is 1. The highest BCUT2D eigenvalue weighted by atomic mass is 16.2. The number of para-hydroxylation sites is 2. The molecule has 2 aromatic carbocycles. The molecule has 0 fully saturated rings. The third-order valence-corrected chi connectivity index (χ3v) is 5.14. The minimum Gasteiger partial charge on any atom is -0.349 e. The van der Waals surface area contributed by atoms with Crippen molar-refractivity contribution in [3.8, 4) is 0 Å². The van der Waals surface area contributed by atoms with Crippen molar-refractivity contribution < 1.29 is 9.59 Å². The van der Waals surface area contributed by atoms with Gasteiger partial charge in [0.1, 0.15) is 5.82 Å². The second-order valence-electron chi connectivity index (χ2n) is 7.09. The fourth-order valence-corrected chi connectivity index (χ4v) is 3.64. The summed E-state index contributed by atoms with van der Waals surface area (Å²) in [5.74, 6) is 0.606.